The van der Waals surface area contributed by atoms with Gasteiger partial charge in [-0.3, -0.25) is 0 Å². The number of urea groups is 1. The highest BCUT2D eigenvalue weighted by molar-refractivity contribution is 5.74. The van der Waals surface area contributed by atoms with E-state index in [0.717, 1.165) is 32.4 Å². The molecule has 2 amide bonds. The largest absolute Gasteiger partial charge is 0.396 e. The molecule has 0 saturated carbocycles. The molecule has 106 valence electrons. The Hall–Kier alpha value is -0.770. The highest BCUT2D eigenvalue weighted by atomic mass is 16.3. The van der Waals surface area contributed by atoms with Gasteiger partial charge in [-0.1, -0.05) is 27.7 Å². The monoisotopic (exact) mass is 256 g/mol. The van der Waals surface area contributed by atoms with Gasteiger partial charge in [0.05, 0.1) is 0 Å². The van der Waals surface area contributed by atoms with Crippen molar-refractivity contribution in [2.24, 2.45) is 10.8 Å². The molecule has 0 aromatic rings. The fourth-order valence-corrected chi connectivity index (χ4v) is 2.24. The van der Waals surface area contributed by atoms with Gasteiger partial charge < -0.3 is 15.3 Å². The second-order valence-corrected chi connectivity index (χ2v) is 6.99. The standard InChI is InChI=1S/C14H28N2O2/c1-13(2)7-9-16(10-13)12(18)15-8-5-6-14(3,4)11-17/h17H,5-11H2,1-4H3,(H,15,18). The molecule has 1 saturated heterocycles. The van der Waals surface area contributed by atoms with Crippen LogP contribution in [0, 0.1) is 10.8 Å². The third kappa shape index (κ3) is 4.84. The summed E-state index contributed by atoms with van der Waals surface area (Å²) in [7, 11) is 0. The quantitative estimate of drug-likeness (QED) is 0.741. The molecule has 0 aromatic heterocycles. The first-order valence-electron chi connectivity index (χ1n) is 6.89. The number of hydrogen-bond acceptors (Lipinski definition) is 2. The van der Waals surface area contributed by atoms with Crippen molar-refractivity contribution in [3.63, 3.8) is 0 Å². The second-order valence-electron chi connectivity index (χ2n) is 6.99. The fourth-order valence-electron chi connectivity index (χ4n) is 2.24. The Balaban J connectivity index is 2.19. The lowest BCUT2D eigenvalue weighted by Gasteiger charge is -2.22. The van der Waals surface area contributed by atoms with Crippen molar-refractivity contribution in [3.8, 4) is 0 Å². The third-order valence-electron chi connectivity index (χ3n) is 3.70. The third-order valence-corrected chi connectivity index (χ3v) is 3.70. The molecule has 0 radical (unpaired) electrons. The summed E-state index contributed by atoms with van der Waals surface area (Å²) in [4.78, 5) is 13.8. The van der Waals surface area contributed by atoms with E-state index in [9.17, 15) is 4.79 Å². The molecular weight excluding hydrogens is 228 g/mol. The molecule has 2 N–H and O–H groups in total. The van der Waals surface area contributed by atoms with Gasteiger partial charge in [-0.2, -0.15) is 0 Å². The van der Waals surface area contributed by atoms with Crippen molar-refractivity contribution in [2.45, 2.75) is 47.0 Å². The summed E-state index contributed by atoms with van der Waals surface area (Å²) in [5, 5.41) is 12.1. The molecule has 18 heavy (non-hydrogen) atoms. The maximum Gasteiger partial charge on any atom is 0.317 e. The molecule has 0 bridgehead atoms. The zero-order valence-electron chi connectivity index (χ0n) is 12.3. The molecule has 1 heterocycles. The van der Waals surface area contributed by atoms with E-state index in [2.05, 4.69) is 19.2 Å². The van der Waals surface area contributed by atoms with Gasteiger partial charge >= 0.3 is 6.03 Å². The van der Waals surface area contributed by atoms with Crippen molar-refractivity contribution in [1.29, 1.82) is 0 Å². The average Bonchev–Trinajstić information content (AvgIpc) is 2.65. The molecular formula is C14H28N2O2. The smallest absolute Gasteiger partial charge is 0.317 e. The van der Waals surface area contributed by atoms with Crippen LogP contribution >= 0.6 is 0 Å². The number of rotatable bonds is 5. The van der Waals surface area contributed by atoms with Gasteiger partial charge in [-0.05, 0) is 30.1 Å². The van der Waals surface area contributed by atoms with Gasteiger partial charge in [-0.15, -0.1) is 0 Å². The topological polar surface area (TPSA) is 52.6 Å². The number of likely N-dealkylation sites (tertiary alicyclic amines) is 1. The minimum Gasteiger partial charge on any atom is -0.396 e. The number of nitrogens with zero attached hydrogens (tertiary/aromatic N) is 1. The van der Waals surface area contributed by atoms with Crippen molar-refractivity contribution < 1.29 is 9.90 Å². The van der Waals surface area contributed by atoms with E-state index >= 15 is 0 Å². The predicted octanol–water partition coefficient (Wildman–Crippen LogP) is 2.23. The molecule has 1 fully saturated rings. The van der Waals surface area contributed by atoms with Crippen LogP contribution in [-0.4, -0.2) is 42.3 Å². The number of carbonyl (C=O) groups is 1. The Morgan fingerprint density at radius 1 is 1.44 bits per heavy atom. The van der Waals surface area contributed by atoms with E-state index in [1.165, 1.54) is 0 Å². The van der Waals surface area contributed by atoms with E-state index in [1.54, 1.807) is 0 Å². The van der Waals surface area contributed by atoms with Crippen LogP contribution in [0.4, 0.5) is 4.79 Å². The van der Waals surface area contributed by atoms with Crippen molar-refractivity contribution in [3.05, 3.63) is 0 Å². The molecule has 1 rings (SSSR count). The van der Waals surface area contributed by atoms with Crippen LogP contribution in [0.15, 0.2) is 0 Å². The molecule has 0 unspecified atom stereocenters. The lowest BCUT2D eigenvalue weighted by atomic mass is 9.89. The van der Waals surface area contributed by atoms with E-state index in [4.69, 9.17) is 5.11 Å². The molecule has 1 aliphatic heterocycles. The van der Waals surface area contributed by atoms with Gasteiger partial charge in [-0.25, -0.2) is 4.79 Å². The zero-order valence-corrected chi connectivity index (χ0v) is 12.3. The van der Waals surface area contributed by atoms with E-state index in [1.807, 2.05) is 18.7 Å². The average molecular weight is 256 g/mol. The summed E-state index contributed by atoms with van der Waals surface area (Å²) in [6.45, 7) is 11.1. The molecule has 0 atom stereocenters. The summed E-state index contributed by atoms with van der Waals surface area (Å²) < 4.78 is 0. The normalized spacial score (nSPS) is 19.1. The first-order valence-corrected chi connectivity index (χ1v) is 6.89. The van der Waals surface area contributed by atoms with Crippen molar-refractivity contribution in [1.82, 2.24) is 10.2 Å². The lowest BCUT2D eigenvalue weighted by Crippen LogP contribution is -2.39. The Labute approximate surface area is 111 Å². The van der Waals surface area contributed by atoms with Gasteiger partial charge in [0.25, 0.3) is 0 Å². The molecule has 1 aliphatic rings. The van der Waals surface area contributed by atoms with Gasteiger partial charge in [0, 0.05) is 26.2 Å². The molecule has 0 aliphatic carbocycles. The van der Waals surface area contributed by atoms with Crippen LogP contribution in [-0.2, 0) is 0 Å². The Morgan fingerprint density at radius 3 is 2.61 bits per heavy atom. The second kappa shape index (κ2) is 5.91. The van der Waals surface area contributed by atoms with E-state index in [0.29, 0.717) is 6.54 Å². The fraction of sp³-hybridized carbons (Fsp3) is 0.929. The van der Waals surface area contributed by atoms with Crippen molar-refractivity contribution in [2.75, 3.05) is 26.2 Å². The van der Waals surface area contributed by atoms with Crippen LogP contribution in [0.25, 0.3) is 0 Å². The van der Waals surface area contributed by atoms with E-state index in [-0.39, 0.29) is 23.5 Å². The summed E-state index contributed by atoms with van der Waals surface area (Å²) >= 11 is 0. The SMILES string of the molecule is CC(C)(CO)CCCNC(=O)N1CCC(C)(C)C1. The van der Waals surface area contributed by atoms with Crippen molar-refractivity contribution >= 4 is 6.03 Å². The summed E-state index contributed by atoms with van der Waals surface area (Å²) in [6, 6.07) is 0.0578. The number of hydrogen-bond donors (Lipinski definition) is 2. The predicted molar refractivity (Wildman–Crippen MR) is 73.5 cm³/mol. The van der Waals surface area contributed by atoms with Crippen LogP contribution in [0.3, 0.4) is 0 Å². The highest BCUT2D eigenvalue weighted by Gasteiger charge is 2.31. The van der Waals surface area contributed by atoms with Crippen LogP contribution < -0.4 is 5.32 Å². The molecule has 4 heteroatoms. The number of nitrogens with one attached hydrogen (secondary N) is 1. The van der Waals surface area contributed by atoms with Gasteiger partial charge in [0.1, 0.15) is 0 Å². The Morgan fingerprint density at radius 2 is 2.11 bits per heavy atom. The number of amides is 2. The maximum absolute atomic E-state index is 11.9. The highest BCUT2D eigenvalue weighted by Crippen LogP contribution is 2.28. The van der Waals surface area contributed by atoms with E-state index < -0.39 is 0 Å². The van der Waals surface area contributed by atoms with Crippen LogP contribution in [0.5, 0.6) is 0 Å². The van der Waals surface area contributed by atoms with Crippen LogP contribution in [0.1, 0.15) is 47.0 Å². The summed E-state index contributed by atoms with van der Waals surface area (Å²) in [5.74, 6) is 0. The first kappa shape index (κ1) is 15.3. The maximum atomic E-state index is 11.9. The molecule has 0 spiro atoms. The molecule has 4 nitrogen and oxygen atoms in total. The van der Waals surface area contributed by atoms with Gasteiger partial charge in [0.2, 0.25) is 0 Å². The lowest BCUT2D eigenvalue weighted by molar-refractivity contribution is 0.147. The Bertz CT molecular complexity index is 288. The number of aliphatic hydroxyl groups excluding tert-OH is 1. The minimum atomic E-state index is -0.0413. The zero-order chi connectivity index (χ0) is 13.8. The van der Waals surface area contributed by atoms with Gasteiger partial charge in [0.15, 0.2) is 0 Å². The summed E-state index contributed by atoms with van der Waals surface area (Å²) in [5.41, 5.74) is 0.219. The Kier molecular flexibility index (Phi) is 5.02. The first-order chi connectivity index (χ1) is 8.26. The van der Waals surface area contributed by atoms with Crippen LogP contribution in [0.2, 0.25) is 0 Å². The molecule has 0 aromatic carbocycles. The summed E-state index contributed by atoms with van der Waals surface area (Å²) in [6.07, 6.45) is 2.92. The number of aliphatic hydroxyl groups is 1. The number of carbonyl (C=O) groups excluding carboxylic acids is 1. The minimum absolute atomic E-state index is 0.0413.